The molecule has 0 atom stereocenters. The molecule has 0 fully saturated rings. The number of carbonyl (C=O) groups excluding carboxylic acids is 1. The quantitative estimate of drug-likeness (QED) is 0.277. The highest BCUT2D eigenvalue weighted by molar-refractivity contribution is 8.00. The normalized spacial score (nSPS) is 10.5. The van der Waals surface area contributed by atoms with Gasteiger partial charge in [-0.05, 0) is 17.7 Å². The van der Waals surface area contributed by atoms with Crippen LogP contribution in [-0.4, -0.2) is 21.0 Å². The predicted octanol–water partition coefficient (Wildman–Crippen LogP) is 4.64. The van der Waals surface area contributed by atoms with Gasteiger partial charge >= 0.3 is 0 Å². The molecule has 26 heavy (non-hydrogen) atoms. The van der Waals surface area contributed by atoms with Crippen LogP contribution in [0.15, 0.2) is 52.9 Å². The zero-order valence-electron chi connectivity index (χ0n) is 13.1. The highest BCUT2D eigenvalue weighted by Gasteiger charge is 2.13. The molecule has 132 valence electrons. The van der Waals surface area contributed by atoms with E-state index in [4.69, 9.17) is 11.6 Å². The molecule has 3 rings (SSSR count). The van der Waals surface area contributed by atoms with Gasteiger partial charge in [-0.15, -0.1) is 10.2 Å². The fraction of sp³-hybridized carbons (Fsp3) is 0.0625. The van der Waals surface area contributed by atoms with Crippen LogP contribution in [0.1, 0.15) is 15.9 Å². The average Bonchev–Trinajstić information content (AvgIpc) is 3.08. The molecule has 0 spiro atoms. The van der Waals surface area contributed by atoms with Crippen molar-refractivity contribution in [3.05, 3.63) is 74.8 Å². The van der Waals surface area contributed by atoms with E-state index in [-0.39, 0.29) is 11.6 Å². The molecule has 0 aliphatic carbocycles. The first-order valence-electron chi connectivity index (χ1n) is 7.28. The van der Waals surface area contributed by atoms with Crippen molar-refractivity contribution in [2.45, 2.75) is 10.1 Å². The van der Waals surface area contributed by atoms with Gasteiger partial charge in [-0.2, -0.15) is 0 Å². The van der Waals surface area contributed by atoms with Gasteiger partial charge in [0.2, 0.25) is 5.13 Å². The van der Waals surface area contributed by atoms with Gasteiger partial charge in [0.05, 0.1) is 15.5 Å². The minimum absolute atomic E-state index is 0.0491. The number of halogens is 1. The van der Waals surface area contributed by atoms with E-state index < -0.39 is 4.92 Å². The molecule has 1 N–H and O–H groups in total. The van der Waals surface area contributed by atoms with E-state index in [9.17, 15) is 14.9 Å². The van der Waals surface area contributed by atoms with E-state index in [1.807, 2.05) is 0 Å². The number of nitrogens with one attached hydrogen (secondary N) is 1. The number of aromatic nitrogens is 2. The van der Waals surface area contributed by atoms with Crippen LogP contribution >= 0.6 is 34.7 Å². The largest absolute Gasteiger partial charge is 0.296 e. The summed E-state index contributed by atoms with van der Waals surface area (Å²) in [6.07, 6.45) is 0. The lowest BCUT2D eigenvalue weighted by atomic mass is 10.2. The van der Waals surface area contributed by atoms with Crippen molar-refractivity contribution in [1.82, 2.24) is 10.2 Å². The van der Waals surface area contributed by atoms with E-state index >= 15 is 0 Å². The summed E-state index contributed by atoms with van der Waals surface area (Å²) in [5, 5.41) is 22.1. The number of nitrogens with zero attached hydrogens (tertiary/aromatic N) is 3. The summed E-state index contributed by atoms with van der Waals surface area (Å²) in [7, 11) is 0. The third kappa shape index (κ3) is 4.57. The smallest absolute Gasteiger partial charge is 0.269 e. The zero-order valence-corrected chi connectivity index (χ0v) is 15.5. The number of rotatable bonds is 6. The second kappa shape index (κ2) is 8.26. The Kier molecular flexibility index (Phi) is 5.82. The first-order valence-corrected chi connectivity index (χ1v) is 9.46. The number of carbonyl (C=O) groups is 1. The van der Waals surface area contributed by atoms with Crippen LogP contribution in [0.3, 0.4) is 0 Å². The minimum atomic E-state index is -0.429. The lowest BCUT2D eigenvalue weighted by Gasteiger charge is -2.02. The van der Waals surface area contributed by atoms with Gasteiger partial charge in [0.15, 0.2) is 4.34 Å². The standard InChI is InChI=1S/C16H11ClN4O3S2/c17-13-7-2-1-6-12(13)14(22)18-15-19-20-16(26-15)25-9-10-4-3-5-11(8-10)21(23)24/h1-8H,9H2,(H,18,19,22). The molecule has 10 heteroatoms. The number of anilines is 1. The number of benzene rings is 2. The van der Waals surface area contributed by atoms with Crippen molar-refractivity contribution in [3.8, 4) is 0 Å². The Morgan fingerprint density at radius 3 is 2.81 bits per heavy atom. The van der Waals surface area contributed by atoms with E-state index in [0.717, 1.165) is 5.56 Å². The highest BCUT2D eigenvalue weighted by Crippen LogP contribution is 2.29. The van der Waals surface area contributed by atoms with Crippen molar-refractivity contribution in [3.63, 3.8) is 0 Å². The lowest BCUT2D eigenvalue weighted by Crippen LogP contribution is -2.12. The molecular weight excluding hydrogens is 396 g/mol. The van der Waals surface area contributed by atoms with E-state index in [2.05, 4.69) is 15.5 Å². The monoisotopic (exact) mass is 406 g/mol. The summed E-state index contributed by atoms with van der Waals surface area (Å²) in [6, 6.07) is 13.1. The molecule has 0 saturated heterocycles. The van der Waals surface area contributed by atoms with Crippen LogP contribution in [0.4, 0.5) is 10.8 Å². The van der Waals surface area contributed by atoms with E-state index in [1.54, 1.807) is 36.4 Å². The molecule has 0 aliphatic heterocycles. The van der Waals surface area contributed by atoms with Crippen LogP contribution in [0, 0.1) is 10.1 Å². The van der Waals surface area contributed by atoms with Crippen LogP contribution in [-0.2, 0) is 5.75 Å². The number of nitro groups is 1. The molecule has 0 aliphatic rings. The lowest BCUT2D eigenvalue weighted by molar-refractivity contribution is -0.384. The SMILES string of the molecule is O=C(Nc1nnc(SCc2cccc([N+](=O)[O-])c2)s1)c1ccccc1Cl. The number of nitro benzene ring substituents is 1. The third-order valence-electron chi connectivity index (χ3n) is 3.23. The highest BCUT2D eigenvalue weighted by atomic mass is 35.5. The Balaban J connectivity index is 1.61. The zero-order chi connectivity index (χ0) is 18.5. The summed E-state index contributed by atoms with van der Waals surface area (Å²) in [5.74, 6) is 0.149. The molecule has 0 saturated carbocycles. The van der Waals surface area contributed by atoms with Crippen molar-refractivity contribution in [2.24, 2.45) is 0 Å². The number of hydrogen-bond donors (Lipinski definition) is 1. The first kappa shape index (κ1) is 18.3. The molecule has 1 amide bonds. The molecule has 1 heterocycles. The van der Waals surface area contributed by atoms with Gasteiger partial charge in [-0.3, -0.25) is 20.2 Å². The topological polar surface area (TPSA) is 98.0 Å². The number of non-ortho nitro benzene ring substituents is 1. The Morgan fingerprint density at radius 1 is 1.23 bits per heavy atom. The molecular formula is C16H11ClN4O3S2. The third-order valence-corrected chi connectivity index (χ3v) is 5.60. The second-order valence-corrected chi connectivity index (χ2v) is 7.63. The van der Waals surface area contributed by atoms with Crippen molar-refractivity contribution >= 4 is 51.4 Å². The summed E-state index contributed by atoms with van der Waals surface area (Å²) in [4.78, 5) is 22.6. The maximum atomic E-state index is 12.2. The van der Waals surface area contributed by atoms with Gasteiger partial charge < -0.3 is 0 Å². The fourth-order valence-corrected chi connectivity index (χ4v) is 3.94. The molecule has 7 nitrogen and oxygen atoms in total. The van der Waals surface area contributed by atoms with Gasteiger partial charge in [0.1, 0.15) is 0 Å². The summed E-state index contributed by atoms with van der Waals surface area (Å²) in [6.45, 7) is 0. The maximum absolute atomic E-state index is 12.2. The number of hydrogen-bond acceptors (Lipinski definition) is 7. The predicted molar refractivity (Wildman–Crippen MR) is 102 cm³/mol. The van der Waals surface area contributed by atoms with Crippen LogP contribution < -0.4 is 5.32 Å². The summed E-state index contributed by atoms with van der Waals surface area (Å²) in [5.41, 5.74) is 1.21. The van der Waals surface area contributed by atoms with Gasteiger partial charge in [0.25, 0.3) is 11.6 Å². The maximum Gasteiger partial charge on any atom is 0.269 e. The molecule has 2 aromatic carbocycles. The van der Waals surface area contributed by atoms with Gasteiger partial charge in [0, 0.05) is 17.9 Å². The summed E-state index contributed by atoms with van der Waals surface area (Å²) < 4.78 is 0.644. The molecule has 1 aromatic heterocycles. The number of thioether (sulfide) groups is 1. The Morgan fingerprint density at radius 2 is 2.04 bits per heavy atom. The van der Waals surface area contributed by atoms with Crippen LogP contribution in [0.5, 0.6) is 0 Å². The Hall–Kier alpha value is -2.49. The van der Waals surface area contributed by atoms with Crippen LogP contribution in [0.2, 0.25) is 5.02 Å². The van der Waals surface area contributed by atoms with Crippen molar-refractivity contribution in [1.29, 1.82) is 0 Å². The molecule has 0 bridgehead atoms. The van der Waals surface area contributed by atoms with Crippen molar-refractivity contribution < 1.29 is 9.72 Å². The second-order valence-electron chi connectivity index (χ2n) is 5.02. The van der Waals surface area contributed by atoms with Crippen molar-refractivity contribution in [2.75, 3.05) is 5.32 Å². The molecule has 0 radical (unpaired) electrons. The minimum Gasteiger partial charge on any atom is -0.296 e. The molecule has 0 unspecified atom stereocenters. The Labute approximate surface area is 161 Å². The average molecular weight is 407 g/mol. The molecule has 3 aromatic rings. The Bertz CT molecular complexity index is 964. The van der Waals surface area contributed by atoms with Gasteiger partial charge in [-0.25, -0.2) is 0 Å². The van der Waals surface area contributed by atoms with E-state index in [0.29, 0.717) is 25.8 Å². The number of amides is 1. The summed E-state index contributed by atoms with van der Waals surface area (Å²) >= 11 is 8.61. The van der Waals surface area contributed by atoms with E-state index in [1.165, 1.54) is 35.2 Å². The van der Waals surface area contributed by atoms with Gasteiger partial charge in [-0.1, -0.05) is 59.0 Å². The fourth-order valence-electron chi connectivity index (χ4n) is 2.03. The first-order chi connectivity index (χ1) is 12.5. The van der Waals surface area contributed by atoms with Crippen LogP contribution in [0.25, 0.3) is 0 Å².